The fourth-order valence-corrected chi connectivity index (χ4v) is 2.92. The van der Waals surface area contributed by atoms with E-state index in [1.54, 1.807) is 0 Å². The summed E-state index contributed by atoms with van der Waals surface area (Å²) < 4.78 is 15.9. The Labute approximate surface area is 104 Å². The fraction of sp³-hybridized carbons (Fsp3) is 0.667. The monoisotopic (exact) mass is 254 g/mol. The van der Waals surface area contributed by atoms with E-state index < -0.39 is 12.6 Å². The highest BCUT2D eigenvalue weighted by Gasteiger charge is 2.63. The molecule has 3 rings (SSSR count). The summed E-state index contributed by atoms with van der Waals surface area (Å²) in [6.07, 6.45) is 0.0960. The largest absolute Gasteiger partial charge is 0.462 e. The summed E-state index contributed by atoms with van der Waals surface area (Å²) in [6, 6.07) is 0. The molecule has 0 saturated carbocycles. The lowest BCUT2D eigenvalue weighted by Gasteiger charge is -2.21. The Kier molecular flexibility index (Phi) is 2.64. The van der Waals surface area contributed by atoms with E-state index in [0.717, 1.165) is 0 Å². The van der Waals surface area contributed by atoms with Gasteiger partial charge in [0, 0.05) is 0 Å². The van der Waals surface area contributed by atoms with Crippen molar-refractivity contribution in [3.05, 3.63) is 12.2 Å². The van der Waals surface area contributed by atoms with Gasteiger partial charge in [-0.1, -0.05) is 6.58 Å². The average molecular weight is 254 g/mol. The number of aliphatic hydroxyl groups excluding tert-OH is 1. The van der Waals surface area contributed by atoms with Crippen LogP contribution < -0.4 is 0 Å². The van der Waals surface area contributed by atoms with E-state index in [0.29, 0.717) is 6.42 Å². The van der Waals surface area contributed by atoms with Gasteiger partial charge in [0.15, 0.2) is 0 Å². The van der Waals surface area contributed by atoms with Gasteiger partial charge in [0.2, 0.25) is 0 Å². The molecule has 0 aromatic carbocycles. The van der Waals surface area contributed by atoms with E-state index in [2.05, 4.69) is 6.58 Å². The minimum Gasteiger partial charge on any atom is -0.462 e. The van der Waals surface area contributed by atoms with E-state index in [-0.39, 0.29) is 48.3 Å². The standard InChI is InChI=1S/C12H14O6/c1-5(3-13)11(14)16-4-7-8-2-6-9(17-8)10(7)18-12(6)15/h6-10,13H,1-4H2. The van der Waals surface area contributed by atoms with E-state index in [9.17, 15) is 9.59 Å². The number of carbonyl (C=O) groups excluding carboxylic acids is 2. The summed E-state index contributed by atoms with van der Waals surface area (Å²) >= 11 is 0. The van der Waals surface area contributed by atoms with Crippen molar-refractivity contribution >= 4 is 11.9 Å². The van der Waals surface area contributed by atoms with Gasteiger partial charge in [0.25, 0.3) is 0 Å². The van der Waals surface area contributed by atoms with Crippen LogP contribution in [0, 0.1) is 11.8 Å². The van der Waals surface area contributed by atoms with Crippen LogP contribution in [0.25, 0.3) is 0 Å². The first-order valence-electron chi connectivity index (χ1n) is 5.93. The van der Waals surface area contributed by atoms with Crippen molar-refractivity contribution in [1.29, 1.82) is 0 Å². The summed E-state index contributed by atoms with van der Waals surface area (Å²) in [4.78, 5) is 22.9. The van der Waals surface area contributed by atoms with Crippen molar-refractivity contribution in [2.24, 2.45) is 11.8 Å². The molecule has 6 nitrogen and oxygen atoms in total. The zero-order valence-electron chi connectivity index (χ0n) is 9.70. The average Bonchev–Trinajstić information content (AvgIpc) is 2.97. The van der Waals surface area contributed by atoms with Crippen LogP contribution in [0.15, 0.2) is 12.2 Å². The molecule has 0 aromatic heterocycles. The lowest BCUT2D eigenvalue weighted by molar-refractivity contribution is -0.146. The highest BCUT2D eigenvalue weighted by atomic mass is 16.6. The maximum Gasteiger partial charge on any atom is 0.335 e. The lowest BCUT2D eigenvalue weighted by atomic mass is 9.83. The molecular formula is C12H14O6. The lowest BCUT2D eigenvalue weighted by Crippen LogP contribution is -2.35. The number of ether oxygens (including phenoxy) is 3. The third-order valence-corrected chi connectivity index (χ3v) is 3.88. The van der Waals surface area contributed by atoms with Gasteiger partial charge in [-0.15, -0.1) is 0 Å². The molecule has 0 amide bonds. The molecule has 18 heavy (non-hydrogen) atoms. The second-order valence-corrected chi connectivity index (χ2v) is 4.91. The second-order valence-electron chi connectivity index (χ2n) is 4.91. The molecule has 0 aliphatic carbocycles. The molecule has 3 fully saturated rings. The van der Waals surface area contributed by atoms with E-state index in [4.69, 9.17) is 19.3 Å². The van der Waals surface area contributed by atoms with Crippen LogP contribution in [0.4, 0.5) is 0 Å². The van der Waals surface area contributed by atoms with Gasteiger partial charge < -0.3 is 19.3 Å². The molecule has 3 heterocycles. The Morgan fingerprint density at radius 1 is 1.50 bits per heavy atom. The zero-order valence-corrected chi connectivity index (χ0v) is 9.70. The summed E-state index contributed by atoms with van der Waals surface area (Å²) in [5.41, 5.74) is 0.0142. The first-order valence-corrected chi connectivity index (χ1v) is 5.93. The Morgan fingerprint density at radius 3 is 3.00 bits per heavy atom. The van der Waals surface area contributed by atoms with Crippen LogP contribution in [0.1, 0.15) is 6.42 Å². The normalized spacial score (nSPS) is 39.8. The number of hydrogen-bond acceptors (Lipinski definition) is 6. The van der Waals surface area contributed by atoms with E-state index >= 15 is 0 Å². The Balaban J connectivity index is 1.61. The van der Waals surface area contributed by atoms with Crippen molar-refractivity contribution in [1.82, 2.24) is 0 Å². The van der Waals surface area contributed by atoms with Crippen LogP contribution in [-0.4, -0.2) is 48.6 Å². The van der Waals surface area contributed by atoms with Crippen molar-refractivity contribution in [2.45, 2.75) is 24.7 Å². The Hall–Kier alpha value is -1.40. The number of rotatable bonds is 4. The number of carbonyl (C=O) groups is 2. The number of esters is 2. The quantitative estimate of drug-likeness (QED) is 0.533. The summed E-state index contributed by atoms with van der Waals surface area (Å²) in [5.74, 6) is -1.07. The van der Waals surface area contributed by atoms with Gasteiger partial charge in [-0.05, 0) is 6.42 Å². The van der Waals surface area contributed by atoms with Gasteiger partial charge in [-0.2, -0.15) is 0 Å². The molecule has 3 aliphatic heterocycles. The fourth-order valence-electron chi connectivity index (χ4n) is 2.92. The summed E-state index contributed by atoms with van der Waals surface area (Å²) in [5, 5.41) is 8.75. The van der Waals surface area contributed by atoms with E-state index in [1.165, 1.54) is 0 Å². The van der Waals surface area contributed by atoms with Gasteiger partial charge in [0.05, 0.1) is 30.1 Å². The SMILES string of the molecule is C=C(CO)C(=O)OCC1C2CC3C(=O)OC1C3O2. The van der Waals surface area contributed by atoms with Crippen molar-refractivity contribution in [3.8, 4) is 0 Å². The molecule has 3 aliphatic rings. The van der Waals surface area contributed by atoms with Crippen LogP contribution in [0.3, 0.4) is 0 Å². The minimum absolute atomic E-state index is 0.0142. The number of aliphatic hydroxyl groups is 1. The Bertz CT molecular complexity index is 417. The van der Waals surface area contributed by atoms with Crippen molar-refractivity contribution in [3.63, 3.8) is 0 Å². The van der Waals surface area contributed by atoms with Gasteiger partial charge in [-0.25, -0.2) is 4.79 Å². The third kappa shape index (κ3) is 1.56. The molecule has 0 spiro atoms. The highest BCUT2D eigenvalue weighted by Crippen LogP contribution is 2.49. The van der Waals surface area contributed by atoms with Crippen molar-refractivity contribution < 1.29 is 28.9 Å². The topological polar surface area (TPSA) is 82.1 Å². The molecule has 5 unspecified atom stereocenters. The summed E-state index contributed by atoms with van der Waals surface area (Å²) in [6.45, 7) is 3.09. The van der Waals surface area contributed by atoms with Crippen LogP contribution >= 0.6 is 0 Å². The molecule has 0 aromatic rings. The second kappa shape index (κ2) is 4.07. The first kappa shape index (κ1) is 11.7. The van der Waals surface area contributed by atoms with E-state index in [1.807, 2.05) is 0 Å². The molecule has 98 valence electrons. The Morgan fingerprint density at radius 2 is 2.28 bits per heavy atom. The van der Waals surface area contributed by atoms with Gasteiger partial charge in [0.1, 0.15) is 18.8 Å². The van der Waals surface area contributed by atoms with Crippen LogP contribution in [0.2, 0.25) is 0 Å². The van der Waals surface area contributed by atoms with Crippen LogP contribution in [-0.2, 0) is 23.8 Å². The zero-order chi connectivity index (χ0) is 12.9. The van der Waals surface area contributed by atoms with Crippen molar-refractivity contribution in [2.75, 3.05) is 13.2 Å². The molecule has 5 atom stereocenters. The molecular weight excluding hydrogens is 240 g/mol. The van der Waals surface area contributed by atoms with Gasteiger partial charge in [-0.3, -0.25) is 4.79 Å². The van der Waals surface area contributed by atoms with Gasteiger partial charge >= 0.3 is 11.9 Å². The third-order valence-electron chi connectivity index (χ3n) is 3.88. The first-order chi connectivity index (χ1) is 8.61. The molecule has 6 heteroatoms. The molecule has 3 saturated heterocycles. The van der Waals surface area contributed by atoms with Crippen LogP contribution in [0.5, 0.6) is 0 Å². The summed E-state index contributed by atoms with van der Waals surface area (Å²) in [7, 11) is 0. The predicted molar refractivity (Wildman–Crippen MR) is 57.3 cm³/mol. The molecule has 2 bridgehead atoms. The smallest absolute Gasteiger partial charge is 0.335 e. The molecule has 1 N–H and O–H groups in total. The predicted octanol–water partition coefficient (Wildman–Crippen LogP) is -0.593. The molecule has 0 radical (unpaired) electrons. The number of hydrogen-bond donors (Lipinski definition) is 1. The maximum atomic E-state index is 11.5. The maximum absolute atomic E-state index is 11.5. The highest BCUT2D eigenvalue weighted by molar-refractivity contribution is 5.87. The number of fused-ring (bicyclic) bond motifs is 1. The minimum atomic E-state index is -0.624.